The second kappa shape index (κ2) is 5.01. The van der Waals surface area contributed by atoms with Gasteiger partial charge in [0.1, 0.15) is 0 Å². The molecule has 0 aliphatic carbocycles. The zero-order valence-electron chi connectivity index (χ0n) is 9.48. The summed E-state index contributed by atoms with van der Waals surface area (Å²) < 4.78 is 10.4. The van der Waals surface area contributed by atoms with Gasteiger partial charge in [-0.2, -0.15) is 0 Å². The maximum absolute atomic E-state index is 5.69. The summed E-state index contributed by atoms with van der Waals surface area (Å²) in [6.45, 7) is 0. The van der Waals surface area contributed by atoms with Crippen LogP contribution in [-0.2, 0) is 0 Å². The van der Waals surface area contributed by atoms with Crippen LogP contribution < -0.4 is 9.47 Å². The molecule has 0 spiro atoms. The molecule has 2 rings (SSSR count). The predicted octanol–water partition coefficient (Wildman–Crippen LogP) is 2.81. The lowest BCUT2D eigenvalue weighted by Gasteiger charge is -2.08. The molecule has 0 fully saturated rings. The second-order valence-electron chi connectivity index (χ2n) is 3.31. The van der Waals surface area contributed by atoms with E-state index < -0.39 is 0 Å². The summed E-state index contributed by atoms with van der Waals surface area (Å²) in [5.41, 5.74) is 1.63. The maximum atomic E-state index is 5.69. The van der Waals surface area contributed by atoms with E-state index in [4.69, 9.17) is 21.1 Å². The Morgan fingerprint density at radius 1 is 0.941 bits per heavy atom. The Kier molecular flexibility index (Phi) is 3.44. The summed E-state index contributed by atoms with van der Waals surface area (Å²) in [4.78, 5) is 0. The molecular formula is C12H11ClN2O2. The van der Waals surface area contributed by atoms with Gasteiger partial charge in [0.25, 0.3) is 0 Å². The number of hydrogen-bond acceptors (Lipinski definition) is 4. The van der Waals surface area contributed by atoms with Crippen LogP contribution >= 0.6 is 11.6 Å². The minimum Gasteiger partial charge on any atom is -0.493 e. The van der Waals surface area contributed by atoms with Crippen LogP contribution in [0.2, 0.25) is 5.15 Å². The average Bonchev–Trinajstić information content (AvgIpc) is 2.39. The van der Waals surface area contributed by atoms with Crippen LogP contribution in [-0.4, -0.2) is 24.4 Å². The number of methoxy groups -OCH3 is 2. The van der Waals surface area contributed by atoms with Crippen molar-refractivity contribution in [2.24, 2.45) is 0 Å². The molecule has 5 heteroatoms. The van der Waals surface area contributed by atoms with Crippen molar-refractivity contribution in [1.29, 1.82) is 0 Å². The molecule has 88 valence electrons. The molecule has 0 saturated heterocycles. The lowest BCUT2D eigenvalue weighted by atomic mass is 10.1. The number of nitrogens with zero attached hydrogens (tertiary/aromatic N) is 2. The van der Waals surface area contributed by atoms with Gasteiger partial charge < -0.3 is 9.47 Å². The second-order valence-corrected chi connectivity index (χ2v) is 3.70. The summed E-state index contributed by atoms with van der Waals surface area (Å²) in [7, 11) is 3.19. The first-order valence-corrected chi connectivity index (χ1v) is 5.34. The van der Waals surface area contributed by atoms with E-state index in [0.717, 1.165) is 11.3 Å². The Hall–Kier alpha value is -1.81. The van der Waals surface area contributed by atoms with Crippen molar-refractivity contribution in [1.82, 2.24) is 10.2 Å². The molecule has 0 saturated carbocycles. The van der Waals surface area contributed by atoms with Crippen LogP contribution in [0.15, 0.2) is 30.3 Å². The highest BCUT2D eigenvalue weighted by Gasteiger charge is 2.07. The standard InChI is InChI=1S/C12H11ClN2O2/c1-16-10-5-3-8(7-11(10)17-2)9-4-6-12(13)15-14-9/h3-7H,1-2H3. The summed E-state index contributed by atoms with van der Waals surface area (Å²) in [6, 6.07) is 9.05. The molecule has 17 heavy (non-hydrogen) atoms. The SMILES string of the molecule is COc1ccc(-c2ccc(Cl)nn2)cc1OC. The van der Waals surface area contributed by atoms with E-state index in [2.05, 4.69) is 10.2 Å². The van der Waals surface area contributed by atoms with Gasteiger partial charge in [0, 0.05) is 5.56 Å². The lowest BCUT2D eigenvalue weighted by Crippen LogP contribution is -1.92. The molecular weight excluding hydrogens is 240 g/mol. The zero-order chi connectivity index (χ0) is 12.3. The largest absolute Gasteiger partial charge is 0.493 e. The van der Waals surface area contributed by atoms with Crippen molar-refractivity contribution in [3.05, 3.63) is 35.5 Å². The molecule has 4 nitrogen and oxygen atoms in total. The molecule has 0 amide bonds. The fraction of sp³-hybridized carbons (Fsp3) is 0.167. The summed E-state index contributed by atoms with van der Waals surface area (Å²) in [5.74, 6) is 1.33. The van der Waals surface area contributed by atoms with E-state index in [1.807, 2.05) is 18.2 Å². The Morgan fingerprint density at radius 3 is 2.29 bits per heavy atom. The van der Waals surface area contributed by atoms with Crippen molar-refractivity contribution in [2.75, 3.05) is 14.2 Å². The zero-order valence-corrected chi connectivity index (χ0v) is 10.2. The molecule has 0 aliphatic rings. The van der Waals surface area contributed by atoms with E-state index in [0.29, 0.717) is 16.7 Å². The molecule has 1 aromatic heterocycles. The van der Waals surface area contributed by atoms with Crippen molar-refractivity contribution < 1.29 is 9.47 Å². The van der Waals surface area contributed by atoms with Gasteiger partial charge in [-0.3, -0.25) is 0 Å². The van der Waals surface area contributed by atoms with Gasteiger partial charge in [-0.1, -0.05) is 11.6 Å². The Balaban J connectivity index is 2.42. The molecule has 0 atom stereocenters. The molecule has 1 heterocycles. The van der Waals surface area contributed by atoms with Gasteiger partial charge in [0.15, 0.2) is 16.7 Å². The van der Waals surface area contributed by atoms with Gasteiger partial charge in [-0.15, -0.1) is 10.2 Å². The number of halogens is 1. The van der Waals surface area contributed by atoms with E-state index >= 15 is 0 Å². The third-order valence-electron chi connectivity index (χ3n) is 2.31. The smallest absolute Gasteiger partial charge is 0.161 e. The normalized spacial score (nSPS) is 10.1. The molecule has 1 aromatic carbocycles. The molecule has 0 bridgehead atoms. The number of benzene rings is 1. The fourth-order valence-corrected chi connectivity index (χ4v) is 1.57. The third kappa shape index (κ3) is 2.47. The van der Waals surface area contributed by atoms with E-state index in [9.17, 15) is 0 Å². The van der Waals surface area contributed by atoms with Crippen LogP contribution in [0, 0.1) is 0 Å². The average molecular weight is 251 g/mol. The summed E-state index contributed by atoms with van der Waals surface area (Å²) in [6.07, 6.45) is 0. The van der Waals surface area contributed by atoms with Gasteiger partial charge in [-0.05, 0) is 30.3 Å². The molecule has 0 radical (unpaired) electrons. The van der Waals surface area contributed by atoms with Gasteiger partial charge >= 0.3 is 0 Å². The number of ether oxygens (including phenoxy) is 2. The van der Waals surface area contributed by atoms with Crippen LogP contribution in [0.5, 0.6) is 11.5 Å². The van der Waals surface area contributed by atoms with Crippen LogP contribution in [0.4, 0.5) is 0 Å². The van der Waals surface area contributed by atoms with Crippen molar-refractivity contribution >= 4 is 11.6 Å². The number of rotatable bonds is 3. The van der Waals surface area contributed by atoms with Gasteiger partial charge in [0.05, 0.1) is 19.9 Å². The molecule has 0 aliphatic heterocycles. The van der Waals surface area contributed by atoms with Crippen molar-refractivity contribution in [2.45, 2.75) is 0 Å². The number of hydrogen-bond donors (Lipinski definition) is 0. The van der Waals surface area contributed by atoms with E-state index in [1.165, 1.54) is 0 Å². The van der Waals surface area contributed by atoms with Gasteiger partial charge in [0.2, 0.25) is 0 Å². The highest BCUT2D eigenvalue weighted by molar-refractivity contribution is 6.29. The van der Waals surface area contributed by atoms with E-state index in [-0.39, 0.29) is 0 Å². The van der Waals surface area contributed by atoms with E-state index in [1.54, 1.807) is 26.4 Å². The van der Waals surface area contributed by atoms with Crippen molar-refractivity contribution in [3.63, 3.8) is 0 Å². The molecule has 0 N–H and O–H groups in total. The summed E-state index contributed by atoms with van der Waals surface area (Å²) in [5, 5.41) is 8.17. The van der Waals surface area contributed by atoms with Crippen LogP contribution in [0.1, 0.15) is 0 Å². The van der Waals surface area contributed by atoms with Gasteiger partial charge in [-0.25, -0.2) is 0 Å². The first-order valence-electron chi connectivity index (χ1n) is 4.96. The monoisotopic (exact) mass is 250 g/mol. The number of aromatic nitrogens is 2. The highest BCUT2D eigenvalue weighted by atomic mass is 35.5. The maximum Gasteiger partial charge on any atom is 0.161 e. The molecule has 0 unspecified atom stereocenters. The predicted molar refractivity (Wildman–Crippen MR) is 65.6 cm³/mol. The third-order valence-corrected chi connectivity index (χ3v) is 2.51. The Bertz CT molecular complexity index is 514. The van der Waals surface area contributed by atoms with Crippen molar-refractivity contribution in [3.8, 4) is 22.8 Å². The minimum absolute atomic E-state index is 0.370. The first kappa shape index (κ1) is 11.7. The topological polar surface area (TPSA) is 44.2 Å². The van der Waals surface area contributed by atoms with Crippen LogP contribution in [0.25, 0.3) is 11.3 Å². The Labute approximate surface area is 104 Å². The quantitative estimate of drug-likeness (QED) is 0.840. The first-order chi connectivity index (χ1) is 8.24. The lowest BCUT2D eigenvalue weighted by molar-refractivity contribution is 0.355. The fourth-order valence-electron chi connectivity index (χ4n) is 1.47. The highest BCUT2D eigenvalue weighted by Crippen LogP contribution is 2.31. The Morgan fingerprint density at radius 2 is 1.71 bits per heavy atom. The minimum atomic E-state index is 0.370. The summed E-state index contributed by atoms with van der Waals surface area (Å²) >= 11 is 5.69. The van der Waals surface area contributed by atoms with Crippen LogP contribution in [0.3, 0.4) is 0 Å². The molecule has 2 aromatic rings.